The van der Waals surface area contributed by atoms with Crippen molar-refractivity contribution in [1.82, 2.24) is 24.1 Å². The number of para-hydroxylation sites is 1. The van der Waals surface area contributed by atoms with Crippen molar-refractivity contribution < 1.29 is 4.79 Å². The lowest BCUT2D eigenvalue weighted by Gasteiger charge is -2.22. The molecular weight excluding hydrogens is 362 g/mol. The molecule has 27 heavy (non-hydrogen) atoms. The van der Waals surface area contributed by atoms with Gasteiger partial charge in [-0.3, -0.25) is 9.20 Å². The monoisotopic (exact) mass is 379 g/mol. The number of aromatic nitrogens is 4. The first-order valence-electron chi connectivity index (χ1n) is 8.90. The first kappa shape index (κ1) is 16.2. The molecule has 3 aromatic heterocycles. The Labute approximate surface area is 158 Å². The average molecular weight is 379 g/mol. The third-order valence-electron chi connectivity index (χ3n) is 4.94. The van der Waals surface area contributed by atoms with E-state index in [1.165, 1.54) is 9.08 Å². The van der Waals surface area contributed by atoms with Crippen LogP contribution >= 0.6 is 11.3 Å². The molecule has 4 aromatic rings. The summed E-state index contributed by atoms with van der Waals surface area (Å²) < 4.78 is 3.82. The second-order valence-corrected chi connectivity index (χ2v) is 7.70. The molecule has 1 fully saturated rings. The number of hydrogen-bond acceptors (Lipinski definition) is 5. The molecule has 4 heterocycles. The number of thiazole rings is 1. The highest BCUT2D eigenvalue weighted by Gasteiger charge is 2.32. The quantitative estimate of drug-likeness (QED) is 0.548. The van der Waals surface area contributed by atoms with Gasteiger partial charge in [0.1, 0.15) is 11.6 Å². The smallest absolute Gasteiger partial charge is 0.332 e. The highest BCUT2D eigenvalue weighted by Crippen LogP contribution is 2.36. The van der Waals surface area contributed by atoms with Crippen LogP contribution in [0.1, 0.15) is 23.9 Å². The molecule has 0 bridgehead atoms. The minimum atomic E-state index is -0.297. The molecule has 1 saturated heterocycles. The van der Waals surface area contributed by atoms with Gasteiger partial charge in [-0.05, 0) is 37.1 Å². The SMILES string of the molecule is O=C(Cn1nc2ccccn2c1=O)N1CCCC1c1nc2ccccc2s1. The predicted molar refractivity (Wildman–Crippen MR) is 103 cm³/mol. The van der Waals surface area contributed by atoms with Crippen molar-refractivity contribution in [3.05, 3.63) is 64.2 Å². The number of likely N-dealkylation sites (tertiary alicyclic amines) is 1. The highest BCUT2D eigenvalue weighted by molar-refractivity contribution is 7.18. The van der Waals surface area contributed by atoms with Gasteiger partial charge < -0.3 is 4.90 Å². The number of fused-ring (bicyclic) bond motifs is 2. The summed E-state index contributed by atoms with van der Waals surface area (Å²) in [6.07, 6.45) is 3.49. The van der Waals surface area contributed by atoms with Crippen molar-refractivity contribution in [3.8, 4) is 0 Å². The number of hydrogen-bond donors (Lipinski definition) is 0. The van der Waals surface area contributed by atoms with Crippen molar-refractivity contribution in [2.45, 2.75) is 25.4 Å². The molecule has 1 unspecified atom stereocenters. The molecule has 1 aliphatic heterocycles. The Morgan fingerprint density at radius 1 is 1.19 bits per heavy atom. The zero-order valence-electron chi connectivity index (χ0n) is 14.5. The van der Waals surface area contributed by atoms with Gasteiger partial charge in [0.25, 0.3) is 0 Å². The summed E-state index contributed by atoms with van der Waals surface area (Å²) in [6, 6.07) is 13.3. The number of amides is 1. The van der Waals surface area contributed by atoms with Crippen LogP contribution in [0.5, 0.6) is 0 Å². The van der Waals surface area contributed by atoms with Gasteiger partial charge in [-0.15, -0.1) is 16.4 Å². The third-order valence-corrected chi connectivity index (χ3v) is 6.08. The van der Waals surface area contributed by atoms with Gasteiger partial charge >= 0.3 is 5.69 Å². The molecule has 0 spiro atoms. The Bertz CT molecular complexity index is 1170. The normalized spacial score (nSPS) is 17.2. The zero-order valence-corrected chi connectivity index (χ0v) is 15.3. The number of carbonyl (C=O) groups is 1. The summed E-state index contributed by atoms with van der Waals surface area (Å²) in [6.45, 7) is 0.628. The van der Waals surface area contributed by atoms with Crippen molar-refractivity contribution in [3.63, 3.8) is 0 Å². The maximum atomic E-state index is 12.9. The molecule has 0 aliphatic carbocycles. The molecule has 1 aromatic carbocycles. The number of benzene rings is 1. The van der Waals surface area contributed by atoms with Gasteiger partial charge in [-0.1, -0.05) is 18.2 Å². The van der Waals surface area contributed by atoms with Gasteiger partial charge in [0.05, 0.1) is 16.3 Å². The fraction of sp³-hybridized carbons (Fsp3) is 0.263. The highest BCUT2D eigenvalue weighted by atomic mass is 32.1. The van der Waals surface area contributed by atoms with E-state index in [9.17, 15) is 9.59 Å². The van der Waals surface area contributed by atoms with Crippen molar-refractivity contribution >= 4 is 33.1 Å². The Morgan fingerprint density at radius 3 is 2.89 bits per heavy atom. The van der Waals surface area contributed by atoms with Crippen LogP contribution in [0.3, 0.4) is 0 Å². The number of rotatable bonds is 3. The second kappa shape index (κ2) is 6.31. The molecular formula is C19H17N5O2S. The minimum absolute atomic E-state index is 0.0253. The molecule has 5 rings (SSSR count). The Morgan fingerprint density at radius 2 is 2.04 bits per heavy atom. The van der Waals surface area contributed by atoms with Crippen LogP contribution in [-0.4, -0.2) is 36.5 Å². The summed E-state index contributed by atoms with van der Waals surface area (Å²) in [5, 5.41) is 5.23. The van der Waals surface area contributed by atoms with E-state index in [-0.39, 0.29) is 24.2 Å². The first-order valence-corrected chi connectivity index (χ1v) is 9.71. The molecule has 1 amide bonds. The van der Waals surface area contributed by atoms with Gasteiger partial charge in [0.2, 0.25) is 5.91 Å². The lowest BCUT2D eigenvalue weighted by molar-refractivity contribution is -0.133. The molecule has 136 valence electrons. The van der Waals surface area contributed by atoms with Gasteiger partial charge in [0, 0.05) is 12.7 Å². The summed E-state index contributed by atoms with van der Waals surface area (Å²) in [5.74, 6) is -0.0951. The van der Waals surface area contributed by atoms with E-state index in [4.69, 9.17) is 4.98 Å². The lowest BCUT2D eigenvalue weighted by Crippen LogP contribution is -2.36. The zero-order chi connectivity index (χ0) is 18.4. The molecule has 0 N–H and O–H groups in total. The van der Waals surface area contributed by atoms with Crippen LogP contribution in [0.2, 0.25) is 0 Å². The fourth-order valence-electron chi connectivity index (χ4n) is 3.64. The van der Waals surface area contributed by atoms with Crippen LogP contribution in [0.4, 0.5) is 0 Å². The van der Waals surface area contributed by atoms with E-state index in [0.717, 1.165) is 28.1 Å². The summed E-state index contributed by atoms with van der Waals surface area (Å²) in [5.41, 5.74) is 1.21. The number of pyridine rings is 1. The second-order valence-electron chi connectivity index (χ2n) is 6.63. The molecule has 1 atom stereocenters. The first-order chi connectivity index (χ1) is 13.2. The maximum absolute atomic E-state index is 12.9. The van der Waals surface area contributed by atoms with Gasteiger partial charge in [0.15, 0.2) is 5.65 Å². The van der Waals surface area contributed by atoms with Crippen molar-refractivity contribution in [1.29, 1.82) is 0 Å². The summed E-state index contributed by atoms with van der Waals surface area (Å²) in [4.78, 5) is 31.9. The lowest BCUT2D eigenvalue weighted by atomic mass is 10.2. The molecule has 0 radical (unpaired) electrons. The molecule has 8 heteroatoms. The minimum Gasteiger partial charge on any atom is -0.332 e. The average Bonchev–Trinajstić information content (AvgIpc) is 3.39. The van der Waals surface area contributed by atoms with E-state index in [0.29, 0.717) is 12.2 Å². The Kier molecular flexibility index (Phi) is 3.78. The van der Waals surface area contributed by atoms with E-state index >= 15 is 0 Å². The third kappa shape index (κ3) is 2.73. The van der Waals surface area contributed by atoms with Crippen LogP contribution in [0.15, 0.2) is 53.5 Å². The topological polar surface area (TPSA) is 72.5 Å². The summed E-state index contributed by atoms with van der Waals surface area (Å²) in [7, 11) is 0. The molecule has 1 aliphatic rings. The van der Waals surface area contributed by atoms with Crippen LogP contribution in [-0.2, 0) is 11.3 Å². The van der Waals surface area contributed by atoms with E-state index in [2.05, 4.69) is 5.10 Å². The van der Waals surface area contributed by atoms with E-state index in [1.807, 2.05) is 35.2 Å². The van der Waals surface area contributed by atoms with Crippen molar-refractivity contribution in [2.24, 2.45) is 0 Å². The maximum Gasteiger partial charge on any atom is 0.350 e. The summed E-state index contributed by atoms with van der Waals surface area (Å²) >= 11 is 1.64. The standard InChI is InChI=1S/C19H17N5O2S/c25-17(12-24-19(26)23-10-4-3-9-16(23)21-24)22-11-5-7-14(22)18-20-13-6-1-2-8-15(13)27-18/h1-4,6,8-10,14H,5,7,11-12H2. The van der Waals surface area contributed by atoms with Crippen molar-refractivity contribution in [2.75, 3.05) is 6.54 Å². The Balaban J connectivity index is 1.43. The van der Waals surface area contributed by atoms with Crippen LogP contribution in [0, 0.1) is 0 Å². The van der Waals surface area contributed by atoms with Crippen LogP contribution in [0.25, 0.3) is 15.9 Å². The predicted octanol–water partition coefficient (Wildman–Crippen LogP) is 2.47. The van der Waals surface area contributed by atoms with Gasteiger partial charge in [-0.2, -0.15) is 0 Å². The van der Waals surface area contributed by atoms with Crippen LogP contribution < -0.4 is 5.69 Å². The molecule has 0 saturated carbocycles. The number of nitrogens with zero attached hydrogens (tertiary/aromatic N) is 5. The number of carbonyl (C=O) groups excluding carboxylic acids is 1. The Hall–Kier alpha value is -3.00. The van der Waals surface area contributed by atoms with E-state index < -0.39 is 0 Å². The van der Waals surface area contributed by atoms with E-state index in [1.54, 1.807) is 29.7 Å². The molecule has 7 nitrogen and oxygen atoms in total. The van der Waals surface area contributed by atoms with Gasteiger partial charge in [-0.25, -0.2) is 14.5 Å². The largest absolute Gasteiger partial charge is 0.350 e. The fourth-order valence-corrected chi connectivity index (χ4v) is 4.76.